The van der Waals surface area contributed by atoms with Gasteiger partial charge in [0.25, 0.3) is 5.91 Å². The van der Waals surface area contributed by atoms with Gasteiger partial charge in [-0.2, -0.15) is 0 Å². The molecule has 0 spiro atoms. The summed E-state index contributed by atoms with van der Waals surface area (Å²) in [6, 6.07) is 3.62. The van der Waals surface area contributed by atoms with Crippen LogP contribution in [0.25, 0.3) is 0 Å². The van der Waals surface area contributed by atoms with Gasteiger partial charge in [0.2, 0.25) is 0 Å². The monoisotopic (exact) mass is 221 g/mol. The number of aryl methyl sites for hydroxylation is 1. The topological polar surface area (TPSA) is 68.0 Å². The average molecular weight is 221 g/mol. The van der Waals surface area contributed by atoms with Gasteiger partial charge in [-0.15, -0.1) is 0 Å². The van der Waals surface area contributed by atoms with Gasteiger partial charge in [0, 0.05) is 24.5 Å². The molecular weight excluding hydrogens is 202 g/mol. The normalized spacial score (nSPS) is 12.2. The quantitative estimate of drug-likeness (QED) is 0.786. The Morgan fingerprint density at radius 3 is 2.88 bits per heavy atom. The number of nitrogens with zero attached hydrogens (tertiary/aromatic N) is 1. The van der Waals surface area contributed by atoms with E-state index in [9.17, 15) is 4.79 Å². The highest BCUT2D eigenvalue weighted by atomic mass is 16.1. The summed E-state index contributed by atoms with van der Waals surface area (Å²) in [5.74, 6) is -0.112. The number of hydrogen-bond donors (Lipinski definition) is 2. The smallest absolute Gasteiger partial charge is 0.252 e. The Morgan fingerprint density at radius 2 is 2.31 bits per heavy atom. The highest BCUT2D eigenvalue weighted by molar-refractivity contribution is 5.93. The van der Waals surface area contributed by atoms with Gasteiger partial charge < -0.3 is 11.1 Å². The fourth-order valence-electron chi connectivity index (χ4n) is 1.40. The lowest BCUT2D eigenvalue weighted by Gasteiger charge is -2.11. The summed E-state index contributed by atoms with van der Waals surface area (Å²) >= 11 is 0. The fourth-order valence-corrected chi connectivity index (χ4v) is 1.40. The highest BCUT2D eigenvalue weighted by Gasteiger charge is 2.07. The third-order valence-electron chi connectivity index (χ3n) is 2.36. The number of carbonyl (C=O) groups is 1. The standard InChI is InChI=1S/C12H19N3O/c1-3-4-11(13)8-15-12(16)10-6-5-9(2)14-7-10/h5-7,11H,3-4,8,13H2,1-2H3,(H,15,16). The van der Waals surface area contributed by atoms with Crippen LogP contribution in [0.3, 0.4) is 0 Å². The Balaban J connectivity index is 2.43. The Kier molecular flexibility index (Phi) is 4.92. The molecule has 0 aliphatic carbocycles. The molecule has 0 bridgehead atoms. The average Bonchev–Trinajstić information content (AvgIpc) is 2.27. The summed E-state index contributed by atoms with van der Waals surface area (Å²) in [6.07, 6.45) is 3.53. The molecule has 1 heterocycles. The summed E-state index contributed by atoms with van der Waals surface area (Å²) in [5, 5.41) is 2.80. The third-order valence-corrected chi connectivity index (χ3v) is 2.36. The van der Waals surface area contributed by atoms with Crippen LogP contribution in [0, 0.1) is 6.92 Å². The number of nitrogens with one attached hydrogen (secondary N) is 1. The van der Waals surface area contributed by atoms with Gasteiger partial charge in [-0.1, -0.05) is 13.3 Å². The number of hydrogen-bond acceptors (Lipinski definition) is 3. The second-order valence-corrected chi connectivity index (χ2v) is 3.95. The first-order valence-corrected chi connectivity index (χ1v) is 5.60. The van der Waals surface area contributed by atoms with Crippen molar-refractivity contribution in [3.63, 3.8) is 0 Å². The summed E-state index contributed by atoms with van der Waals surface area (Å²) < 4.78 is 0. The Morgan fingerprint density at radius 1 is 1.56 bits per heavy atom. The van der Waals surface area contributed by atoms with Gasteiger partial charge in [-0.3, -0.25) is 9.78 Å². The van der Waals surface area contributed by atoms with E-state index in [0.717, 1.165) is 18.5 Å². The maximum Gasteiger partial charge on any atom is 0.252 e. The van der Waals surface area contributed by atoms with E-state index < -0.39 is 0 Å². The van der Waals surface area contributed by atoms with Gasteiger partial charge in [0.05, 0.1) is 5.56 Å². The SMILES string of the molecule is CCCC(N)CNC(=O)c1ccc(C)nc1. The molecule has 4 nitrogen and oxygen atoms in total. The summed E-state index contributed by atoms with van der Waals surface area (Å²) in [6.45, 7) is 4.48. The minimum absolute atomic E-state index is 0.0346. The van der Waals surface area contributed by atoms with Gasteiger partial charge >= 0.3 is 0 Å². The Labute approximate surface area is 96.3 Å². The predicted molar refractivity (Wildman–Crippen MR) is 64.2 cm³/mol. The van der Waals surface area contributed by atoms with Crippen LogP contribution in [-0.2, 0) is 0 Å². The van der Waals surface area contributed by atoms with Gasteiger partial charge in [0.15, 0.2) is 0 Å². The van der Waals surface area contributed by atoms with Crippen LogP contribution in [0.5, 0.6) is 0 Å². The maximum absolute atomic E-state index is 11.7. The van der Waals surface area contributed by atoms with Crippen LogP contribution in [0.4, 0.5) is 0 Å². The minimum Gasteiger partial charge on any atom is -0.350 e. The molecule has 0 radical (unpaired) electrons. The largest absolute Gasteiger partial charge is 0.350 e. The van der Waals surface area contributed by atoms with Crippen LogP contribution >= 0.6 is 0 Å². The number of aromatic nitrogens is 1. The van der Waals surface area contributed by atoms with E-state index in [1.165, 1.54) is 0 Å². The van der Waals surface area contributed by atoms with Crippen molar-refractivity contribution in [3.8, 4) is 0 Å². The lowest BCUT2D eigenvalue weighted by molar-refractivity contribution is 0.0950. The molecule has 0 fully saturated rings. The number of pyridine rings is 1. The first-order chi connectivity index (χ1) is 7.63. The molecule has 0 saturated carbocycles. The van der Waals surface area contributed by atoms with Crippen molar-refractivity contribution >= 4 is 5.91 Å². The molecular formula is C12H19N3O. The summed E-state index contributed by atoms with van der Waals surface area (Å²) in [5.41, 5.74) is 7.28. The zero-order chi connectivity index (χ0) is 12.0. The molecule has 1 aromatic heterocycles. The molecule has 0 aliphatic rings. The van der Waals surface area contributed by atoms with E-state index in [4.69, 9.17) is 5.73 Å². The lowest BCUT2D eigenvalue weighted by atomic mass is 10.2. The lowest BCUT2D eigenvalue weighted by Crippen LogP contribution is -2.37. The molecule has 1 amide bonds. The molecule has 3 N–H and O–H groups in total. The molecule has 16 heavy (non-hydrogen) atoms. The number of nitrogens with two attached hydrogens (primary N) is 1. The maximum atomic E-state index is 11.7. The zero-order valence-corrected chi connectivity index (χ0v) is 9.86. The molecule has 1 rings (SSSR count). The summed E-state index contributed by atoms with van der Waals surface area (Å²) in [4.78, 5) is 15.7. The first kappa shape index (κ1) is 12.6. The van der Waals surface area contributed by atoms with Crippen LogP contribution in [-0.4, -0.2) is 23.5 Å². The van der Waals surface area contributed by atoms with Crippen LogP contribution in [0.2, 0.25) is 0 Å². The molecule has 88 valence electrons. The molecule has 4 heteroatoms. The van der Waals surface area contributed by atoms with Crippen molar-refractivity contribution in [3.05, 3.63) is 29.6 Å². The van der Waals surface area contributed by atoms with E-state index in [2.05, 4.69) is 17.2 Å². The molecule has 0 aliphatic heterocycles. The van der Waals surface area contributed by atoms with E-state index in [0.29, 0.717) is 12.1 Å². The Hall–Kier alpha value is -1.42. The van der Waals surface area contributed by atoms with Gasteiger partial charge in [0.1, 0.15) is 0 Å². The predicted octanol–water partition coefficient (Wildman–Crippen LogP) is 1.25. The second kappa shape index (κ2) is 6.23. The fraction of sp³-hybridized carbons (Fsp3) is 0.500. The van der Waals surface area contributed by atoms with Crippen LogP contribution in [0.1, 0.15) is 35.8 Å². The zero-order valence-electron chi connectivity index (χ0n) is 9.86. The Bertz CT molecular complexity index is 335. The minimum atomic E-state index is -0.112. The number of carbonyl (C=O) groups excluding carboxylic acids is 1. The molecule has 0 aromatic carbocycles. The van der Waals surface area contributed by atoms with Crippen molar-refractivity contribution in [2.24, 2.45) is 5.73 Å². The van der Waals surface area contributed by atoms with Gasteiger partial charge in [-0.05, 0) is 25.5 Å². The van der Waals surface area contributed by atoms with Crippen molar-refractivity contribution in [2.75, 3.05) is 6.54 Å². The molecule has 1 unspecified atom stereocenters. The van der Waals surface area contributed by atoms with E-state index in [1.807, 2.05) is 13.0 Å². The molecule has 1 aromatic rings. The highest BCUT2D eigenvalue weighted by Crippen LogP contribution is 1.99. The summed E-state index contributed by atoms with van der Waals surface area (Å²) in [7, 11) is 0. The number of rotatable bonds is 5. The molecule has 1 atom stereocenters. The molecule has 0 saturated heterocycles. The van der Waals surface area contributed by atoms with E-state index in [-0.39, 0.29) is 11.9 Å². The van der Waals surface area contributed by atoms with Crippen molar-refractivity contribution in [1.82, 2.24) is 10.3 Å². The van der Waals surface area contributed by atoms with Crippen LogP contribution in [0.15, 0.2) is 18.3 Å². The van der Waals surface area contributed by atoms with Crippen molar-refractivity contribution in [1.29, 1.82) is 0 Å². The first-order valence-electron chi connectivity index (χ1n) is 5.60. The third kappa shape index (κ3) is 3.98. The van der Waals surface area contributed by atoms with E-state index in [1.54, 1.807) is 12.3 Å². The van der Waals surface area contributed by atoms with Gasteiger partial charge in [-0.25, -0.2) is 0 Å². The van der Waals surface area contributed by atoms with Crippen LogP contribution < -0.4 is 11.1 Å². The van der Waals surface area contributed by atoms with Crippen molar-refractivity contribution < 1.29 is 4.79 Å². The van der Waals surface area contributed by atoms with E-state index >= 15 is 0 Å². The number of amides is 1. The van der Waals surface area contributed by atoms with Crippen molar-refractivity contribution in [2.45, 2.75) is 32.7 Å². The second-order valence-electron chi connectivity index (χ2n) is 3.95.